The van der Waals surface area contributed by atoms with Gasteiger partial charge in [-0.2, -0.15) is 0 Å². The minimum atomic E-state index is -0.471. The number of carbonyl (C=O) groups excluding carboxylic acids is 2. The zero-order valence-corrected chi connectivity index (χ0v) is 17.1. The summed E-state index contributed by atoms with van der Waals surface area (Å²) in [6, 6.07) is 15.4. The third-order valence-corrected chi connectivity index (χ3v) is 6.28. The Morgan fingerprint density at radius 2 is 2.00 bits per heavy atom. The largest absolute Gasteiger partial charge is 0.465 e. The van der Waals surface area contributed by atoms with E-state index in [9.17, 15) is 9.59 Å². The predicted octanol–water partition coefficient (Wildman–Crippen LogP) is 4.43. The molecule has 28 heavy (non-hydrogen) atoms. The molecule has 1 amide bonds. The van der Waals surface area contributed by atoms with Crippen LogP contribution in [0.4, 0.5) is 0 Å². The van der Waals surface area contributed by atoms with Gasteiger partial charge in [-0.15, -0.1) is 0 Å². The Kier molecular flexibility index (Phi) is 5.11. The Labute approximate surface area is 173 Å². The standard InChI is InChI=1S/C23H22BrNO3/c1-15-9-19-14-28-22(27)23(19,11-15)12-16-5-7-18(8-6-16)21(26)25-13-17-3-2-4-20(24)10-17/h2-8,10,19H,1,9,11-14H2,(H,25,26). The van der Waals surface area contributed by atoms with Crippen LogP contribution in [-0.4, -0.2) is 18.5 Å². The lowest BCUT2D eigenvalue weighted by molar-refractivity contribution is -0.146. The number of cyclic esters (lactones) is 1. The fourth-order valence-electron chi connectivity index (χ4n) is 4.33. The lowest BCUT2D eigenvalue weighted by Gasteiger charge is -2.24. The number of hydrogen-bond donors (Lipinski definition) is 1. The molecule has 5 heteroatoms. The third-order valence-electron chi connectivity index (χ3n) is 5.78. The van der Waals surface area contributed by atoms with Crippen LogP contribution in [0.5, 0.6) is 0 Å². The maximum absolute atomic E-state index is 12.4. The Hall–Kier alpha value is -2.40. The van der Waals surface area contributed by atoms with Gasteiger partial charge in [0.05, 0.1) is 12.0 Å². The molecule has 2 aliphatic rings. The number of nitrogens with one attached hydrogen (secondary N) is 1. The highest BCUT2D eigenvalue weighted by atomic mass is 79.9. The van der Waals surface area contributed by atoms with Crippen molar-refractivity contribution in [2.45, 2.75) is 25.8 Å². The average Bonchev–Trinajstić information content (AvgIpc) is 3.14. The molecule has 2 fully saturated rings. The van der Waals surface area contributed by atoms with Crippen LogP contribution in [0.3, 0.4) is 0 Å². The normalized spacial score (nSPS) is 23.4. The van der Waals surface area contributed by atoms with Gasteiger partial charge in [0.25, 0.3) is 5.91 Å². The topological polar surface area (TPSA) is 55.4 Å². The number of carbonyl (C=O) groups is 2. The lowest BCUT2D eigenvalue weighted by Crippen LogP contribution is -2.31. The fourth-order valence-corrected chi connectivity index (χ4v) is 4.78. The first-order valence-corrected chi connectivity index (χ1v) is 10.2. The number of halogens is 1. The Bertz CT molecular complexity index is 937. The smallest absolute Gasteiger partial charge is 0.313 e. The maximum Gasteiger partial charge on any atom is 0.313 e. The summed E-state index contributed by atoms with van der Waals surface area (Å²) < 4.78 is 6.33. The molecule has 0 radical (unpaired) electrons. The molecule has 1 saturated carbocycles. The van der Waals surface area contributed by atoms with E-state index in [1.54, 1.807) is 0 Å². The minimum Gasteiger partial charge on any atom is -0.465 e. The van der Waals surface area contributed by atoms with Gasteiger partial charge in [0.15, 0.2) is 0 Å². The fraction of sp³-hybridized carbons (Fsp3) is 0.304. The molecule has 1 N–H and O–H groups in total. The zero-order chi connectivity index (χ0) is 19.7. The van der Waals surface area contributed by atoms with Crippen LogP contribution in [0.2, 0.25) is 0 Å². The van der Waals surface area contributed by atoms with Crippen molar-refractivity contribution in [3.63, 3.8) is 0 Å². The van der Waals surface area contributed by atoms with Gasteiger partial charge < -0.3 is 10.1 Å². The van der Waals surface area contributed by atoms with Crippen molar-refractivity contribution >= 4 is 27.8 Å². The van der Waals surface area contributed by atoms with Crippen molar-refractivity contribution < 1.29 is 14.3 Å². The molecule has 144 valence electrons. The molecule has 4 rings (SSSR count). The van der Waals surface area contributed by atoms with Crippen molar-refractivity contribution in [1.82, 2.24) is 5.32 Å². The van der Waals surface area contributed by atoms with E-state index in [1.807, 2.05) is 48.5 Å². The van der Waals surface area contributed by atoms with Gasteiger partial charge in [-0.3, -0.25) is 9.59 Å². The molecule has 1 aliphatic heterocycles. The molecular weight excluding hydrogens is 418 g/mol. The van der Waals surface area contributed by atoms with E-state index in [4.69, 9.17) is 4.74 Å². The number of amides is 1. The number of esters is 1. The first kappa shape index (κ1) is 18.9. The number of allylic oxidation sites excluding steroid dienone is 1. The van der Waals surface area contributed by atoms with Gasteiger partial charge in [-0.05, 0) is 54.7 Å². The molecule has 2 atom stereocenters. The third kappa shape index (κ3) is 3.63. The van der Waals surface area contributed by atoms with E-state index in [0.29, 0.717) is 31.6 Å². The van der Waals surface area contributed by atoms with Gasteiger partial charge in [-0.25, -0.2) is 0 Å². The zero-order valence-electron chi connectivity index (χ0n) is 15.5. The summed E-state index contributed by atoms with van der Waals surface area (Å²) in [6.07, 6.45) is 2.20. The predicted molar refractivity (Wildman–Crippen MR) is 111 cm³/mol. The summed E-state index contributed by atoms with van der Waals surface area (Å²) in [7, 11) is 0. The highest BCUT2D eigenvalue weighted by Gasteiger charge is 2.55. The van der Waals surface area contributed by atoms with E-state index in [2.05, 4.69) is 27.8 Å². The average molecular weight is 440 g/mol. The van der Waals surface area contributed by atoms with E-state index < -0.39 is 5.41 Å². The van der Waals surface area contributed by atoms with Crippen LogP contribution < -0.4 is 5.32 Å². The van der Waals surface area contributed by atoms with Gasteiger partial charge in [0.1, 0.15) is 0 Å². The van der Waals surface area contributed by atoms with Crippen LogP contribution in [0.15, 0.2) is 65.2 Å². The first-order valence-electron chi connectivity index (χ1n) is 9.42. The van der Waals surface area contributed by atoms with Crippen LogP contribution >= 0.6 is 15.9 Å². The summed E-state index contributed by atoms with van der Waals surface area (Å²) in [5.41, 5.74) is 3.34. The van der Waals surface area contributed by atoms with Crippen LogP contribution in [0.1, 0.15) is 34.3 Å². The van der Waals surface area contributed by atoms with Crippen LogP contribution in [0, 0.1) is 11.3 Å². The molecule has 4 nitrogen and oxygen atoms in total. The molecule has 0 bridgehead atoms. The van der Waals surface area contributed by atoms with Gasteiger partial charge in [0.2, 0.25) is 0 Å². The van der Waals surface area contributed by atoms with Gasteiger partial charge >= 0.3 is 5.97 Å². The molecule has 2 aromatic carbocycles. The summed E-state index contributed by atoms with van der Waals surface area (Å²) >= 11 is 3.43. The Morgan fingerprint density at radius 1 is 1.21 bits per heavy atom. The van der Waals surface area contributed by atoms with Crippen molar-refractivity contribution in [2.24, 2.45) is 11.3 Å². The number of fused-ring (bicyclic) bond motifs is 1. The van der Waals surface area contributed by atoms with Crippen LogP contribution in [-0.2, 0) is 22.5 Å². The van der Waals surface area contributed by atoms with E-state index in [0.717, 1.165) is 27.6 Å². The van der Waals surface area contributed by atoms with Crippen molar-refractivity contribution in [3.8, 4) is 0 Å². The SMILES string of the molecule is C=C1CC2COC(=O)C2(Cc2ccc(C(=O)NCc3cccc(Br)c3)cc2)C1. The number of ether oxygens (including phenoxy) is 1. The van der Waals surface area contributed by atoms with Gasteiger partial charge in [0, 0.05) is 22.5 Å². The molecule has 1 saturated heterocycles. The highest BCUT2D eigenvalue weighted by molar-refractivity contribution is 9.10. The second kappa shape index (κ2) is 7.55. The molecule has 1 aliphatic carbocycles. The van der Waals surface area contributed by atoms with E-state index in [-0.39, 0.29) is 17.8 Å². The monoisotopic (exact) mass is 439 g/mol. The van der Waals surface area contributed by atoms with Gasteiger partial charge in [-0.1, -0.05) is 52.3 Å². The number of benzene rings is 2. The second-order valence-electron chi connectivity index (χ2n) is 7.77. The Balaban J connectivity index is 1.42. The van der Waals surface area contributed by atoms with Crippen molar-refractivity contribution in [2.75, 3.05) is 6.61 Å². The number of hydrogen-bond acceptors (Lipinski definition) is 3. The highest BCUT2D eigenvalue weighted by Crippen LogP contribution is 2.52. The molecule has 0 aromatic heterocycles. The Morgan fingerprint density at radius 3 is 2.75 bits per heavy atom. The summed E-state index contributed by atoms with van der Waals surface area (Å²) in [5, 5.41) is 2.94. The quantitative estimate of drug-likeness (QED) is 0.553. The van der Waals surface area contributed by atoms with Crippen molar-refractivity contribution in [1.29, 1.82) is 0 Å². The molecule has 0 spiro atoms. The number of rotatable bonds is 5. The maximum atomic E-state index is 12.4. The lowest BCUT2D eigenvalue weighted by atomic mass is 9.75. The van der Waals surface area contributed by atoms with E-state index >= 15 is 0 Å². The van der Waals surface area contributed by atoms with E-state index in [1.165, 1.54) is 0 Å². The molecule has 2 unspecified atom stereocenters. The molecule has 2 aromatic rings. The molecule has 1 heterocycles. The molecular formula is C23H22BrNO3. The van der Waals surface area contributed by atoms with Crippen LogP contribution in [0.25, 0.3) is 0 Å². The summed E-state index contributed by atoms with van der Waals surface area (Å²) in [6.45, 7) is 5.05. The minimum absolute atomic E-state index is 0.105. The summed E-state index contributed by atoms with van der Waals surface area (Å²) in [4.78, 5) is 24.8. The first-order chi connectivity index (χ1) is 13.5. The van der Waals surface area contributed by atoms with Crippen molar-refractivity contribution in [3.05, 3.63) is 81.8 Å². The second-order valence-corrected chi connectivity index (χ2v) is 8.68. The summed E-state index contributed by atoms with van der Waals surface area (Å²) in [5.74, 6) is 0.00440.